The minimum atomic E-state index is -2.01. The summed E-state index contributed by atoms with van der Waals surface area (Å²) in [5.41, 5.74) is -1.28. The number of carbonyl (C=O) groups excluding carboxylic acids is 1. The van der Waals surface area contributed by atoms with Crippen molar-refractivity contribution >= 4 is 23.2 Å². The average molecular weight is 320 g/mol. The molecule has 0 aliphatic heterocycles. The zero-order valence-electron chi connectivity index (χ0n) is 12.5. The summed E-state index contributed by atoms with van der Waals surface area (Å²) < 4.78 is 26.9. The van der Waals surface area contributed by atoms with E-state index < -0.39 is 24.3 Å². The predicted octanol–water partition coefficient (Wildman–Crippen LogP) is 3.37. The van der Waals surface area contributed by atoms with E-state index in [1.165, 1.54) is 12.3 Å². The predicted molar refractivity (Wildman–Crippen MR) is 80.4 cm³/mol. The largest absolute Gasteiger partial charge is 0.382 e. The number of nitrogens with zero attached hydrogens (tertiary/aromatic N) is 1. The third-order valence-corrected chi connectivity index (χ3v) is 2.95. The molecule has 0 bridgehead atoms. The highest BCUT2D eigenvalue weighted by Crippen LogP contribution is 2.20. The lowest BCUT2D eigenvalue weighted by atomic mass is 10.1. The van der Waals surface area contributed by atoms with Crippen LogP contribution in [0.4, 0.5) is 14.5 Å². The molecule has 0 saturated carbocycles. The molecule has 1 atom stereocenters. The molecule has 2 N–H and O–H groups in total. The molecule has 0 aliphatic carbocycles. The van der Waals surface area contributed by atoms with E-state index in [0.29, 0.717) is 5.69 Å². The van der Waals surface area contributed by atoms with E-state index in [2.05, 4.69) is 15.6 Å². The molecule has 1 amide bonds. The topological polar surface area (TPSA) is 54.0 Å². The summed E-state index contributed by atoms with van der Waals surface area (Å²) in [6.07, 6.45) is -0.487. The Morgan fingerprint density at radius 2 is 2.10 bits per heavy atom. The Balaban J connectivity index is 2.82. The van der Waals surface area contributed by atoms with Crippen LogP contribution in [0.5, 0.6) is 0 Å². The van der Waals surface area contributed by atoms with E-state index in [0.717, 1.165) is 13.8 Å². The molecule has 118 valence electrons. The van der Waals surface area contributed by atoms with Gasteiger partial charge in [0.2, 0.25) is 0 Å². The van der Waals surface area contributed by atoms with Gasteiger partial charge in [0.15, 0.2) is 6.17 Å². The fourth-order valence-electron chi connectivity index (χ4n) is 1.56. The number of nitrogens with one attached hydrogen (secondary N) is 2. The van der Waals surface area contributed by atoms with Crippen molar-refractivity contribution in [3.8, 4) is 0 Å². The molecule has 1 aromatic rings. The fraction of sp³-hybridized carbons (Fsp3) is 0.571. The van der Waals surface area contributed by atoms with Crippen molar-refractivity contribution in [3.63, 3.8) is 0 Å². The molecule has 0 radical (unpaired) electrons. The van der Waals surface area contributed by atoms with Gasteiger partial charge in [0.05, 0.1) is 17.8 Å². The normalized spacial score (nSPS) is 13.1. The van der Waals surface area contributed by atoms with Crippen molar-refractivity contribution in [1.82, 2.24) is 10.3 Å². The van der Waals surface area contributed by atoms with Gasteiger partial charge in [-0.25, -0.2) is 13.8 Å². The maximum absolute atomic E-state index is 13.5. The van der Waals surface area contributed by atoms with Crippen LogP contribution in [0.25, 0.3) is 0 Å². The first kappa shape index (κ1) is 17.6. The summed E-state index contributed by atoms with van der Waals surface area (Å²) in [7, 11) is 0. The maximum Gasteiger partial charge on any atom is 0.255 e. The van der Waals surface area contributed by atoms with Crippen LogP contribution < -0.4 is 10.6 Å². The minimum Gasteiger partial charge on any atom is -0.382 e. The fourth-order valence-corrected chi connectivity index (χ4v) is 1.72. The Labute approximate surface area is 128 Å². The SMILES string of the molecule is CC(C)Nc1cc(Cl)ncc1C(=O)NC[C@@H](F)C(C)(C)F. The van der Waals surface area contributed by atoms with Crippen LogP contribution >= 0.6 is 11.6 Å². The van der Waals surface area contributed by atoms with Crippen molar-refractivity contribution in [2.24, 2.45) is 0 Å². The Hall–Kier alpha value is -1.43. The molecule has 1 aromatic heterocycles. The number of anilines is 1. The van der Waals surface area contributed by atoms with E-state index in [4.69, 9.17) is 11.6 Å². The quantitative estimate of drug-likeness (QED) is 0.790. The molecule has 0 saturated heterocycles. The van der Waals surface area contributed by atoms with Gasteiger partial charge in [0.25, 0.3) is 5.91 Å². The van der Waals surface area contributed by atoms with Crippen LogP contribution in [-0.2, 0) is 0 Å². The van der Waals surface area contributed by atoms with Gasteiger partial charge in [0, 0.05) is 12.2 Å². The minimum absolute atomic E-state index is 0.0775. The Morgan fingerprint density at radius 3 is 2.62 bits per heavy atom. The zero-order valence-corrected chi connectivity index (χ0v) is 13.3. The molecule has 0 aliphatic rings. The number of hydrogen-bond donors (Lipinski definition) is 2. The molecule has 0 aromatic carbocycles. The summed E-state index contributed by atoms with van der Waals surface area (Å²) in [4.78, 5) is 15.9. The van der Waals surface area contributed by atoms with Crippen LogP contribution in [0, 0.1) is 0 Å². The number of carbonyl (C=O) groups is 1. The Kier molecular flexibility index (Phi) is 5.89. The number of rotatable bonds is 6. The molecule has 0 spiro atoms. The van der Waals surface area contributed by atoms with Crippen LogP contribution in [-0.4, -0.2) is 35.3 Å². The lowest BCUT2D eigenvalue weighted by Crippen LogP contribution is -2.39. The van der Waals surface area contributed by atoms with E-state index in [9.17, 15) is 13.6 Å². The first-order valence-corrected chi connectivity index (χ1v) is 7.02. The van der Waals surface area contributed by atoms with Gasteiger partial charge in [-0.15, -0.1) is 0 Å². The van der Waals surface area contributed by atoms with E-state index in [-0.39, 0.29) is 16.8 Å². The first-order valence-electron chi connectivity index (χ1n) is 6.64. The number of hydrogen-bond acceptors (Lipinski definition) is 3. The van der Waals surface area contributed by atoms with Crippen LogP contribution in [0.15, 0.2) is 12.3 Å². The molecule has 1 heterocycles. The standard InChI is InChI=1S/C14H20ClF2N3O/c1-8(2)20-10-5-12(15)18-6-9(10)13(21)19-7-11(16)14(3,4)17/h5-6,8,11H,7H2,1-4H3,(H,18,20)(H,19,21)/t11-/m1/s1. The van der Waals surface area contributed by atoms with Crippen molar-refractivity contribution in [1.29, 1.82) is 0 Å². The van der Waals surface area contributed by atoms with Gasteiger partial charge in [-0.3, -0.25) is 4.79 Å². The molecular weight excluding hydrogens is 300 g/mol. The third kappa shape index (κ3) is 5.46. The average Bonchev–Trinajstić information content (AvgIpc) is 2.33. The molecular formula is C14H20ClF2N3O. The summed E-state index contributed by atoms with van der Waals surface area (Å²) in [6.45, 7) is 5.64. The molecule has 0 fully saturated rings. The second-order valence-electron chi connectivity index (χ2n) is 5.59. The highest BCUT2D eigenvalue weighted by atomic mass is 35.5. The van der Waals surface area contributed by atoms with Crippen molar-refractivity contribution in [2.75, 3.05) is 11.9 Å². The second-order valence-corrected chi connectivity index (χ2v) is 5.98. The van der Waals surface area contributed by atoms with Crippen LogP contribution in [0.1, 0.15) is 38.1 Å². The Morgan fingerprint density at radius 1 is 1.48 bits per heavy atom. The van der Waals surface area contributed by atoms with Crippen LogP contribution in [0.2, 0.25) is 5.15 Å². The number of halogens is 3. The molecule has 21 heavy (non-hydrogen) atoms. The first-order chi connectivity index (χ1) is 9.61. The van der Waals surface area contributed by atoms with Crippen molar-refractivity contribution in [3.05, 3.63) is 23.0 Å². The summed E-state index contributed by atoms with van der Waals surface area (Å²) in [6, 6.07) is 1.59. The monoisotopic (exact) mass is 319 g/mol. The van der Waals surface area contributed by atoms with Gasteiger partial charge in [-0.05, 0) is 33.8 Å². The maximum atomic E-state index is 13.5. The molecule has 4 nitrogen and oxygen atoms in total. The lowest BCUT2D eigenvalue weighted by molar-refractivity contribution is 0.0759. The van der Waals surface area contributed by atoms with Gasteiger partial charge < -0.3 is 10.6 Å². The van der Waals surface area contributed by atoms with E-state index in [1.807, 2.05) is 13.8 Å². The number of pyridine rings is 1. The smallest absolute Gasteiger partial charge is 0.255 e. The molecule has 1 rings (SSSR count). The van der Waals surface area contributed by atoms with Gasteiger partial charge in [-0.2, -0.15) is 0 Å². The summed E-state index contributed by atoms with van der Waals surface area (Å²) in [5.74, 6) is -0.533. The lowest BCUT2D eigenvalue weighted by Gasteiger charge is -2.20. The highest BCUT2D eigenvalue weighted by Gasteiger charge is 2.29. The van der Waals surface area contributed by atoms with E-state index >= 15 is 0 Å². The van der Waals surface area contributed by atoms with Crippen LogP contribution in [0.3, 0.4) is 0 Å². The summed E-state index contributed by atoms with van der Waals surface area (Å²) >= 11 is 5.80. The summed E-state index contributed by atoms with van der Waals surface area (Å²) in [5, 5.41) is 5.66. The van der Waals surface area contributed by atoms with Gasteiger partial charge in [0.1, 0.15) is 10.8 Å². The molecule has 0 unspecified atom stereocenters. The highest BCUT2D eigenvalue weighted by molar-refractivity contribution is 6.29. The van der Waals surface area contributed by atoms with Crippen molar-refractivity contribution in [2.45, 2.75) is 45.6 Å². The van der Waals surface area contributed by atoms with E-state index in [1.54, 1.807) is 0 Å². The van der Waals surface area contributed by atoms with Gasteiger partial charge >= 0.3 is 0 Å². The Bertz CT molecular complexity index is 503. The zero-order chi connectivity index (χ0) is 16.2. The number of amides is 1. The third-order valence-electron chi connectivity index (χ3n) is 2.75. The number of aromatic nitrogens is 1. The van der Waals surface area contributed by atoms with Gasteiger partial charge in [-0.1, -0.05) is 11.6 Å². The van der Waals surface area contributed by atoms with Crippen molar-refractivity contribution < 1.29 is 13.6 Å². The molecule has 7 heteroatoms. The number of alkyl halides is 2. The second kappa shape index (κ2) is 7.02.